The summed E-state index contributed by atoms with van der Waals surface area (Å²) in [6.07, 6.45) is 5.77. The highest BCUT2D eigenvalue weighted by Gasteiger charge is 2.12. The minimum absolute atomic E-state index is 1.02. The number of nitrogens with zero attached hydrogens (tertiary/aromatic N) is 3. The van der Waals surface area contributed by atoms with E-state index in [1.807, 2.05) is 0 Å². The molecule has 0 aliphatic carbocycles. The lowest BCUT2D eigenvalue weighted by Crippen LogP contribution is -2.20. The van der Waals surface area contributed by atoms with Gasteiger partial charge >= 0.3 is 0 Å². The summed E-state index contributed by atoms with van der Waals surface area (Å²) in [5.74, 6) is 0. The molecule has 0 radical (unpaired) electrons. The van der Waals surface area contributed by atoms with E-state index in [2.05, 4.69) is 34.0 Å². The number of rotatable bonds is 0. The monoisotopic (exact) mass is 213 g/mol. The number of benzene rings is 1. The normalized spacial score (nSPS) is 17.1. The summed E-state index contributed by atoms with van der Waals surface area (Å²) >= 11 is 0. The van der Waals surface area contributed by atoms with Crippen molar-refractivity contribution >= 4 is 11.0 Å². The van der Waals surface area contributed by atoms with Gasteiger partial charge in [0.1, 0.15) is 0 Å². The van der Waals surface area contributed by atoms with E-state index in [4.69, 9.17) is 0 Å². The molecule has 2 heterocycles. The summed E-state index contributed by atoms with van der Waals surface area (Å²) in [6.45, 7) is 2.28. The Morgan fingerprint density at radius 3 is 1.94 bits per heavy atom. The molecule has 16 heavy (non-hydrogen) atoms. The average molecular weight is 213 g/mol. The lowest BCUT2D eigenvalue weighted by atomic mass is 10.0. The molecule has 0 N–H and O–H groups in total. The highest BCUT2D eigenvalue weighted by Crippen LogP contribution is 2.20. The van der Waals surface area contributed by atoms with Crippen LogP contribution >= 0.6 is 0 Å². The standard InChI is InChI=1S/C13H15N3/c1-16-6-2-10-8-12-13(15-5-4-14-12)9-11(10)3-7-16/h4-5,8-9H,2-3,6-7H2,1H3. The van der Waals surface area contributed by atoms with Crippen molar-refractivity contribution in [2.45, 2.75) is 12.8 Å². The van der Waals surface area contributed by atoms with Crippen molar-refractivity contribution in [1.82, 2.24) is 14.9 Å². The Morgan fingerprint density at radius 1 is 0.938 bits per heavy atom. The Balaban J connectivity index is 2.13. The van der Waals surface area contributed by atoms with Gasteiger partial charge in [-0.15, -0.1) is 0 Å². The molecule has 0 amide bonds. The Kier molecular flexibility index (Phi) is 2.33. The van der Waals surface area contributed by atoms with Crippen LogP contribution in [0.2, 0.25) is 0 Å². The van der Waals surface area contributed by atoms with Gasteiger partial charge in [0.2, 0.25) is 0 Å². The van der Waals surface area contributed by atoms with Crippen LogP contribution in [0.5, 0.6) is 0 Å². The van der Waals surface area contributed by atoms with Crippen LogP contribution in [0, 0.1) is 0 Å². The maximum absolute atomic E-state index is 4.36. The lowest BCUT2D eigenvalue weighted by molar-refractivity contribution is 0.352. The first kappa shape index (κ1) is 9.73. The van der Waals surface area contributed by atoms with Crippen LogP contribution in [0.15, 0.2) is 24.5 Å². The molecule has 0 fully saturated rings. The smallest absolute Gasteiger partial charge is 0.0889 e. The minimum atomic E-state index is 1.02. The second-order valence-corrected chi connectivity index (χ2v) is 4.47. The molecule has 3 nitrogen and oxygen atoms in total. The number of aromatic nitrogens is 2. The number of hydrogen-bond acceptors (Lipinski definition) is 3. The van der Waals surface area contributed by atoms with E-state index in [0.717, 1.165) is 37.0 Å². The zero-order valence-electron chi connectivity index (χ0n) is 9.48. The van der Waals surface area contributed by atoms with E-state index in [9.17, 15) is 0 Å². The Morgan fingerprint density at radius 2 is 1.44 bits per heavy atom. The second-order valence-electron chi connectivity index (χ2n) is 4.47. The molecule has 3 rings (SSSR count). The lowest BCUT2D eigenvalue weighted by Gasteiger charge is -2.10. The van der Waals surface area contributed by atoms with Crippen molar-refractivity contribution in [2.75, 3.05) is 20.1 Å². The van der Waals surface area contributed by atoms with Gasteiger partial charge in [-0.2, -0.15) is 0 Å². The molecule has 1 aromatic carbocycles. The van der Waals surface area contributed by atoms with Gasteiger partial charge in [0.05, 0.1) is 11.0 Å². The van der Waals surface area contributed by atoms with Crippen LogP contribution in [0.3, 0.4) is 0 Å². The molecule has 1 aliphatic heterocycles. The van der Waals surface area contributed by atoms with Gasteiger partial charge in [-0.1, -0.05) is 0 Å². The molecule has 2 aromatic rings. The largest absolute Gasteiger partial charge is 0.306 e. The van der Waals surface area contributed by atoms with Crippen LogP contribution in [-0.4, -0.2) is 35.0 Å². The molecule has 0 saturated carbocycles. The summed E-state index contributed by atoms with van der Waals surface area (Å²) in [5.41, 5.74) is 4.92. The molecule has 0 bridgehead atoms. The van der Waals surface area contributed by atoms with E-state index in [1.165, 1.54) is 11.1 Å². The fourth-order valence-corrected chi connectivity index (χ4v) is 2.30. The Hall–Kier alpha value is -1.48. The number of fused-ring (bicyclic) bond motifs is 2. The number of likely N-dealkylation sites (N-methyl/N-ethyl adjacent to an activating group) is 1. The summed E-state index contributed by atoms with van der Waals surface area (Å²) in [5, 5.41) is 0. The third-order valence-electron chi connectivity index (χ3n) is 3.32. The minimum Gasteiger partial charge on any atom is -0.306 e. The van der Waals surface area contributed by atoms with Crippen LogP contribution in [0.25, 0.3) is 11.0 Å². The van der Waals surface area contributed by atoms with Crippen molar-refractivity contribution in [1.29, 1.82) is 0 Å². The van der Waals surface area contributed by atoms with Gasteiger partial charge in [-0.05, 0) is 43.1 Å². The molecule has 3 heteroatoms. The van der Waals surface area contributed by atoms with Crippen LogP contribution in [-0.2, 0) is 12.8 Å². The van der Waals surface area contributed by atoms with Crippen molar-refractivity contribution < 1.29 is 0 Å². The molecular weight excluding hydrogens is 198 g/mol. The van der Waals surface area contributed by atoms with Crippen molar-refractivity contribution in [3.8, 4) is 0 Å². The van der Waals surface area contributed by atoms with Gasteiger partial charge < -0.3 is 4.90 Å². The first-order valence-electron chi connectivity index (χ1n) is 5.74. The van der Waals surface area contributed by atoms with Gasteiger partial charge in [0, 0.05) is 25.5 Å². The quantitative estimate of drug-likeness (QED) is 0.666. The maximum Gasteiger partial charge on any atom is 0.0889 e. The van der Waals surface area contributed by atoms with E-state index in [-0.39, 0.29) is 0 Å². The van der Waals surface area contributed by atoms with Crippen molar-refractivity contribution in [3.63, 3.8) is 0 Å². The van der Waals surface area contributed by atoms with E-state index < -0.39 is 0 Å². The molecule has 1 aliphatic rings. The second kappa shape index (κ2) is 3.83. The fraction of sp³-hybridized carbons (Fsp3) is 0.385. The Labute approximate surface area is 95.1 Å². The SMILES string of the molecule is CN1CCc2cc3nccnc3cc2CC1. The third-order valence-corrected chi connectivity index (χ3v) is 3.32. The van der Waals surface area contributed by atoms with Gasteiger partial charge in [-0.25, -0.2) is 0 Å². The predicted octanol–water partition coefficient (Wildman–Crippen LogP) is 1.66. The van der Waals surface area contributed by atoms with Gasteiger partial charge in [-0.3, -0.25) is 9.97 Å². The zero-order valence-corrected chi connectivity index (χ0v) is 9.48. The molecule has 1 aromatic heterocycles. The highest BCUT2D eigenvalue weighted by atomic mass is 15.1. The molecule has 0 atom stereocenters. The molecular formula is C13H15N3. The number of hydrogen-bond donors (Lipinski definition) is 0. The maximum atomic E-state index is 4.36. The third kappa shape index (κ3) is 1.67. The molecule has 82 valence electrons. The van der Waals surface area contributed by atoms with E-state index in [0.29, 0.717) is 0 Å². The zero-order chi connectivity index (χ0) is 11.0. The van der Waals surface area contributed by atoms with Crippen LogP contribution < -0.4 is 0 Å². The van der Waals surface area contributed by atoms with Gasteiger partial charge in [0.25, 0.3) is 0 Å². The fourth-order valence-electron chi connectivity index (χ4n) is 2.30. The molecule has 0 saturated heterocycles. The van der Waals surface area contributed by atoms with Gasteiger partial charge in [0.15, 0.2) is 0 Å². The van der Waals surface area contributed by atoms with Crippen molar-refractivity contribution in [3.05, 3.63) is 35.7 Å². The average Bonchev–Trinajstić information content (AvgIpc) is 2.49. The van der Waals surface area contributed by atoms with Crippen molar-refractivity contribution in [2.24, 2.45) is 0 Å². The molecule has 0 spiro atoms. The highest BCUT2D eigenvalue weighted by molar-refractivity contribution is 5.76. The van der Waals surface area contributed by atoms with Crippen LogP contribution in [0.4, 0.5) is 0 Å². The topological polar surface area (TPSA) is 29.0 Å². The Bertz CT molecular complexity index is 475. The first-order valence-corrected chi connectivity index (χ1v) is 5.74. The summed E-state index contributed by atoms with van der Waals surface area (Å²) < 4.78 is 0. The summed E-state index contributed by atoms with van der Waals surface area (Å²) in [6, 6.07) is 4.41. The predicted molar refractivity (Wildman–Crippen MR) is 64.4 cm³/mol. The van der Waals surface area contributed by atoms with Crippen LogP contribution in [0.1, 0.15) is 11.1 Å². The summed E-state index contributed by atoms with van der Waals surface area (Å²) in [4.78, 5) is 11.1. The molecule has 0 unspecified atom stereocenters. The first-order chi connectivity index (χ1) is 7.83. The van der Waals surface area contributed by atoms with E-state index in [1.54, 1.807) is 12.4 Å². The summed E-state index contributed by atoms with van der Waals surface area (Å²) in [7, 11) is 2.18. The van der Waals surface area contributed by atoms with E-state index >= 15 is 0 Å².